The highest BCUT2D eigenvalue weighted by molar-refractivity contribution is 5.94. The topological polar surface area (TPSA) is 64.2 Å². The van der Waals surface area contributed by atoms with Gasteiger partial charge in [0.25, 0.3) is 0 Å². The van der Waals surface area contributed by atoms with Gasteiger partial charge in [-0.2, -0.15) is 0 Å². The Morgan fingerprint density at radius 2 is 1.44 bits per heavy atom. The summed E-state index contributed by atoms with van der Waals surface area (Å²) in [6.45, 7) is 8.89. The fourth-order valence-electron chi connectivity index (χ4n) is 6.60. The monoisotopic (exact) mass is 558 g/mol. The third kappa shape index (κ3) is 7.18. The van der Waals surface area contributed by atoms with Crippen LogP contribution < -0.4 is 4.90 Å². The quantitative estimate of drug-likeness (QED) is 0.514. The number of hydrogen-bond donors (Lipinski definition) is 0. The number of carbonyl (C=O) groups excluding carboxylic acids is 3. The molecule has 41 heavy (non-hydrogen) atoms. The van der Waals surface area contributed by atoms with Gasteiger partial charge in [-0.3, -0.25) is 19.3 Å². The van der Waals surface area contributed by atoms with Crippen LogP contribution in [0.25, 0.3) is 0 Å². The SMILES string of the molecule is CC(C)N1CCCN(C(=O)CCc2ccccc2)c2ccccc2CN(C(=O)C2CN(C(=O)C3CCCC3)C2)CC1. The van der Waals surface area contributed by atoms with E-state index >= 15 is 0 Å². The molecule has 2 heterocycles. The highest BCUT2D eigenvalue weighted by Crippen LogP contribution is 2.31. The van der Waals surface area contributed by atoms with Crippen molar-refractivity contribution in [2.24, 2.45) is 11.8 Å². The molecule has 7 heteroatoms. The van der Waals surface area contributed by atoms with Crippen molar-refractivity contribution in [2.45, 2.75) is 71.4 Å². The number of hydrogen-bond acceptors (Lipinski definition) is 4. The first-order chi connectivity index (χ1) is 19.9. The molecule has 0 unspecified atom stereocenters. The first kappa shape index (κ1) is 29.3. The summed E-state index contributed by atoms with van der Waals surface area (Å²) in [7, 11) is 0. The van der Waals surface area contributed by atoms with Crippen molar-refractivity contribution in [1.29, 1.82) is 0 Å². The summed E-state index contributed by atoms with van der Waals surface area (Å²) in [5.41, 5.74) is 3.08. The zero-order valence-corrected chi connectivity index (χ0v) is 24.8. The van der Waals surface area contributed by atoms with Crippen molar-refractivity contribution in [1.82, 2.24) is 14.7 Å². The fraction of sp³-hybridized carbons (Fsp3) is 0.559. The van der Waals surface area contributed by atoms with E-state index in [9.17, 15) is 14.4 Å². The summed E-state index contributed by atoms with van der Waals surface area (Å²) in [5.74, 6) is 0.495. The highest BCUT2D eigenvalue weighted by atomic mass is 16.2. The number of aryl methyl sites for hydroxylation is 1. The Bertz CT molecular complexity index is 1190. The molecular formula is C34H46N4O3. The van der Waals surface area contributed by atoms with E-state index in [0.29, 0.717) is 51.6 Å². The van der Waals surface area contributed by atoms with Gasteiger partial charge in [-0.15, -0.1) is 0 Å². The first-order valence-corrected chi connectivity index (χ1v) is 15.6. The van der Waals surface area contributed by atoms with Crippen LogP contribution in [0.5, 0.6) is 0 Å². The van der Waals surface area contributed by atoms with Gasteiger partial charge in [-0.25, -0.2) is 0 Å². The van der Waals surface area contributed by atoms with Gasteiger partial charge < -0.3 is 14.7 Å². The molecule has 1 saturated heterocycles. The van der Waals surface area contributed by atoms with Crippen molar-refractivity contribution in [3.63, 3.8) is 0 Å². The zero-order chi connectivity index (χ0) is 28.8. The molecule has 2 fully saturated rings. The second-order valence-electron chi connectivity index (χ2n) is 12.3. The average molecular weight is 559 g/mol. The molecule has 0 N–H and O–H groups in total. The Morgan fingerprint density at radius 1 is 0.756 bits per heavy atom. The third-order valence-corrected chi connectivity index (χ3v) is 9.19. The van der Waals surface area contributed by atoms with E-state index in [1.165, 1.54) is 0 Å². The van der Waals surface area contributed by atoms with Gasteiger partial charge in [0, 0.05) is 69.9 Å². The second-order valence-corrected chi connectivity index (χ2v) is 12.3. The lowest BCUT2D eigenvalue weighted by atomic mass is 9.94. The Morgan fingerprint density at radius 3 is 2.17 bits per heavy atom. The van der Waals surface area contributed by atoms with Gasteiger partial charge in [-0.05, 0) is 56.7 Å². The van der Waals surface area contributed by atoms with Gasteiger partial charge in [0.15, 0.2) is 0 Å². The molecule has 0 radical (unpaired) electrons. The predicted molar refractivity (Wildman–Crippen MR) is 162 cm³/mol. The van der Waals surface area contributed by atoms with E-state index in [1.54, 1.807) is 0 Å². The maximum atomic E-state index is 13.9. The van der Waals surface area contributed by atoms with E-state index in [4.69, 9.17) is 0 Å². The van der Waals surface area contributed by atoms with Crippen LogP contribution in [0, 0.1) is 11.8 Å². The molecule has 0 aromatic heterocycles. The fourth-order valence-corrected chi connectivity index (χ4v) is 6.60. The van der Waals surface area contributed by atoms with Crippen molar-refractivity contribution in [2.75, 3.05) is 44.2 Å². The number of nitrogens with zero attached hydrogens (tertiary/aromatic N) is 4. The number of rotatable bonds is 6. The largest absolute Gasteiger partial charge is 0.341 e. The van der Waals surface area contributed by atoms with Crippen molar-refractivity contribution < 1.29 is 14.4 Å². The Balaban J connectivity index is 1.33. The van der Waals surface area contributed by atoms with Crippen molar-refractivity contribution >= 4 is 23.4 Å². The van der Waals surface area contributed by atoms with Gasteiger partial charge in [0.05, 0.1) is 5.92 Å². The van der Waals surface area contributed by atoms with Crippen LogP contribution in [0.4, 0.5) is 5.69 Å². The van der Waals surface area contributed by atoms with Crippen molar-refractivity contribution in [3.05, 3.63) is 65.7 Å². The van der Waals surface area contributed by atoms with Crippen LogP contribution in [0.1, 0.15) is 63.5 Å². The molecule has 0 spiro atoms. The van der Waals surface area contributed by atoms with E-state index in [-0.39, 0.29) is 29.6 Å². The van der Waals surface area contributed by atoms with Crippen LogP contribution >= 0.6 is 0 Å². The molecule has 0 bridgehead atoms. The molecule has 220 valence electrons. The maximum Gasteiger partial charge on any atom is 0.229 e. The molecule has 2 aromatic rings. The molecule has 3 aliphatic rings. The van der Waals surface area contributed by atoms with Crippen LogP contribution in [0.2, 0.25) is 0 Å². The summed E-state index contributed by atoms with van der Waals surface area (Å²) >= 11 is 0. The molecule has 3 amide bonds. The Hall–Kier alpha value is -3.19. The maximum absolute atomic E-state index is 13.9. The summed E-state index contributed by atoms with van der Waals surface area (Å²) in [5, 5.41) is 0. The van der Waals surface area contributed by atoms with E-state index in [0.717, 1.165) is 62.0 Å². The second kappa shape index (κ2) is 13.6. The minimum Gasteiger partial charge on any atom is -0.341 e. The molecule has 2 aliphatic heterocycles. The van der Waals surface area contributed by atoms with Crippen molar-refractivity contribution in [3.8, 4) is 0 Å². The normalized spacial score (nSPS) is 19.5. The van der Waals surface area contributed by atoms with E-state index in [1.807, 2.05) is 51.1 Å². The number of fused-ring (bicyclic) bond motifs is 1. The van der Waals surface area contributed by atoms with E-state index in [2.05, 4.69) is 36.9 Å². The third-order valence-electron chi connectivity index (χ3n) is 9.19. The molecule has 1 saturated carbocycles. The first-order valence-electron chi connectivity index (χ1n) is 15.6. The molecule has 7 nitrogen and oxygen atoms in total. The van der Waals surface area contributed by atoms with E-state index < -0.39 is 0 Å². The number of likely N-dealkylation sites (tertiary alicyclic amines) is 1. The zero-order valence-electron chi connectivity index (χ0n) is 24.8. The average Bonchev–Trinajstić information content (AvgIpc) is 3.49. The molecular weight excluding hydrogens is 512 g/mol. The lowest BCUT2D eigenvalue weighted by Gasteiger charge is -2.42. The van der Waals surface area contributed by atoms with Crippen LogP contribution in [0.15, 0.2) is 54.6 Å². The minimum atomic E-state index is -0.145. The number of carbonyl (C=O) groups is 3. The molecule has 0 atom stereocenters. The summed E-state index contributed by atoms with van der Waals surface area (Å²) < 4.78 is 0. The Kier molecular flexibility index (Phi) is 9.76. The predicted octanol–water partition coefficient (Wildman–Crippen LogP) is 4.74. The number of benzene rings is 2. The van der Waals surface area contributed by atoms with Gasteiger partial charge >= 0.3 is 0 Å². The van der Waals surface area contributed by atoms with Gasteiger partial charge in [0.1, 0.15) is 0 Å². The molecule has 5 rings (SSSR count). The number of anilines is 1. The molecule has 1 aliphatic carbocycles. The highest BCUT2D eigenvalue weighted by Gasteiger charge is 2.40. The summed E-state index contributed by atoms with van der Waals surface area (Å²) in [6.07, 6.45) is 6.28. The van der Waals surface area contributed by atoms with Crippen LogP contribution in [-0.4, -0.2) is 77.7 Å². The minimum absolute atomic E-state index is 0.120. The lowest BCUT2D eigenvalue weighted by molar-refractivity contribution is -0.151. The van der Waals surface area contributed by atoms with Gasteiger partial charge in [0.2, 0.25) is 17.7 Å². The molecule has 2 aromatic carbocycles. The number of amides is 3. The summed E-state index contributed by atoms with van der Waals surface area (Å²) in [4.78, 5) is 48.7. The Labute approximate surface area is 245 Å². The van der Waals surface area contributed by atoms with Crippen LogP contribution in [-0.2, 0) is 27.3 Å². The van der Waals surface area contributed by atoms with Gasteiger partial charge in [-0.1, -0.05) is 61.4 Å². The smallest absolute Gasteiger partial charge is 0.229 e. The summed E-state index contributed by atoms with van der Waals surface area (Å²) in [6, 6.07) is 18.6. The number of para-hydroxylation sites is 1. The standard InChI is InChI=1S/C34H46N4O3/c1-26(2)35-19-10-20-38(32(39)18-17-27-11-4-3-5-12-27)31-16-9-8-15-29(31)23-36(22-21-35)34(41)30-24-37(25-30)33(40)28-13-6-7-14-28/h3-5,8-9,11-12,15-16,26,28,30H,6-7,10,13-14,17-25H2,1-2H3. The van der Waals surface area contributed by atoms with Crippen LogP contribution in [0.3, 0.4) is 0 Å². The lowest BCUT2D eigenvalue weighted by Crippen LogP contribution is -2.58.